The molecule has 4 aliphatic rings. The van der Waals surface area contributed by atoms with Gasteiger partial charge in [0.25, 0.3) is 0 Å². The van der Waals surface area contributed by atoms with Gasteiger partial charge in [-0.2, -0.15) is 0 Å². The minimum absolute atomic E-state index is 0.677. The summed E-state index contributed by atoms with van der Waals surface area (Å²) in [5.74, 6) is 6.59. The maximum absolute atomic E-state index is 4.89. The standard InChI is InChI=1S/C30H45N.C29H43N.C28H41N.C27H39N/c1-3-5-7-8-9-11-13-26-14-18-27(19-15-26)29-22-23-30(31-24-29)28-20-16-25(17-21-28)12-10-6-4-2;1-3-5-7-8-10-12-25-13-17-26(18-14-25)28-21-22-29(30-23-28)27-19-15-24(16-20-27)11-9-6-4-2;1-3-5-7-9-11-24-12-16-25(17-13-24)27-20-21-28(29-22-27)26-18-14-23(15-19-26)10-8-6-4-2;1-3-5-7-9-22-11-15-24(16-12-22)26-19-20-27(28-21-26)25-17-13-23(14-18-25)10-8-6-4-2/h14-15,18-19,22-25,28H,3-13,16-17,20-21H2,1-2H3;13-14,17-18,21-24,27H,3-12,15-16,19-20H2,1-2H3;12-13,16-17,20-23,26H,3-11,14-15,18-19H2,1-2H3;11-12,15-16,19-21,23,25H,3-10,13-14,17-18H2,1-2H3/t25-,28-;24-,27-;23-,26-;23-,25-. The molecule has 4 saturated carbocycles. The highest BCUT2D eigenvalue weighted by atomic mass is 14.7. The van der Waals surface area contributed by atoms with Crippen LogP contribution in [0.2, 0.25) is 0 Å². The summed E-state index contributed by atoms with van der Waals surface area (Å²) in [4.78, 5) is 19.5. The van der Waals surface area contributed by atoms with Crippen molar-refractivity contribution >= 4 is 0 Å². The third-order valence-corrected chi connectivity index (χ3v) is 28.0. The van der Waals surface area contributed by atoms with Crippen molar-refractivity contribution in [1.82, 2.24) is 19.9 Å². The van der Waals surface area contributed by atoms with E-state index in [2.05, 4.69) is 226 Å². The predicted octanol–water partition coefficient (Wildman–Crippen LogP) is 35.7. The molecule has 4 heteroatoms. The Bertz CT molecular complexity index is 3750. The summed E-state index contributed by atoms with van der Waals surface area (Å²) >= 11 is 0. The summed E-state index contributed by atoms with van der Waals surface area (Å²) in [7, 11) is 0. The van der Waals surface area contributed by atoms with Gasteiger partial charge in [-0.25, -0.2) is 0 Å². The number of hydrogen-bond donors (Lipinski definition) is 0. The Morgan fingerprint density at radius 3 is 0.551 bits per heavy atom. The molecule has 0 unspecified atom stereocenters. The Kier molecular flexibility index (Phi) is 46.6. The van der Waals surface area contributed by atoms with Crippen LogP contribution in [0.5, 0.6) is 0 Å². The van der Waals surface area contributed by atoms with E-state index < -0.39 is 0 Å². The van der Waals surface area contributed by atoms with Crippen molar-refractivity contribution in [2.24, 2.45) is 23.7 Å². The highest BCUT2D eigenvalue weighted by Crippen LogP contribution is 2.42. The van der Waals surface area contributed by atoms with Gasteiger partial charge >= 0.3 is 0 Å². The molecular weight excluding hydrogens is 1430 g/mol. The Labute approximate surface area is 724 Å². The van der Waals surface area contributed by atoms with E-state index in [1.165, 1.54) is 436 Å². The first kappa shape index (κ1) is 95.3. The number of aryl methyl sites for hydroxylation is 4. The first-order chi connectivity index (χ1) is 58.2. The zero-order chi connectivity index (χ0) is 82.7. The molecule has 0 bridgehead atoms. The molecule has 0 spiro atoms. The summed E-state index contributed by atoms with van der Waals surface area (Å²) in [6, 6.07) is 54.9. The van der Waals surface area contributed by atoms with Crippen LogP contribution >= 0.6 is 0 Å². The molecule has 0 saturated heterocycles. The van der Waals surface area contributed by atoms with Crippen LogP contribution in [0.15, 0.2) is 170 Å². The lowest BCUT2D eigenvalue weighted by atomic mass is 9.78. The average Bonchev–Trinajstić information content (AvgIpc) is 0.847. The highest BCUT2D eigenvalue weighted by Gasteiger charge is 2.27. The highest BCUT2D eigenvalue weighted by molar-refractivity contribution is 5.65. The van der Waals surface area contributed by atoms with Gasteiger partial charge in [-0.3, -0.25) is 19.9 Å². The quantitative estimate of drug-likeness (QED) is 0.0357. The monoisotopic (exact) mass is 1590 g/mol. The molecule has 4 aromatic carbocycles. The van der Waals surface area contributed by atoms with E-state index >= 15 is 0 Å². The fraction of sp³-hybridized carbons (Fsp3) is 0.614. The van der Waals surface area contributed by atoms with Crippen LogP contribution in [0.3, 0.4) is 0 Å². The molecule has 4 nitrogen and oxygen atoms in total. The van der Waals surface area contributed by atoms with Crippen LogP contribution in [0.1, 0.15) is 445 Å². The number of aromatic nitrogens is 4. The molecule has 4 fully saturated rings. The lowest BCUT2D eigenvalue weighted by molar-refractivity contribution is 0.300. The SMILES string of the molecule is CCCCCCCCc1ccc(-c2ccc([C@H]3CC[C@H](CCCCC)CC3)nc2)cc1.CCCCCCCc1ccc(-c2ccc([C@H]3CC[C@H](CCCCC)CC3)nc2)cc1.CCCCCCc1ccc(-c2ccc([C@H]3CC[C@H](CCCCC)CC3)nc2)cc1.CCCCCc1ccc(-c2ccc([C@H]3CC[C@H](CCCCC)CC3)nc2)cc1. The third kappa shape index (κ3) is 35.1. The van der Waals surface area contributed by atoms with Crippen molar-refractivity contribution in [3.63, 3.8) is 0 Å². The van der Waals surface area contributed by atoms with Crippen molar-refractivity contribution < 1.29 is 0 Å². The van der Waals surface area contributed by atoms with E-state index in [0.29, 0.717) is 23.7 Å². The van der Waals surface area contributed by atoms with Crippen LogP contribution in [-0.2, 0) is 25.7 Å². The summed E-state index contributed by atoms with van der Waals surface area (Å²) in [5, 5.41) is 0. The molecule has 644 valence electrons. The van der Waals surface area contributed by atoms with Crippen molar-refractivity contribution in [3.8, 4) is 44.5 Å². The second-order valence-corrected chi connectivity index (χ2v) is 37.5. The largest absolute Gasteiger partial charge is 0.260 e. The zero-order valence-electron chi connectivity index (χ0n) is 76.8. The maximum atomic E-state index is 4.89. The van der Waals surface area contributed by atoms with E-state index in [9.17, 15) is 0 Å². The van der Waals surface area contributed by atoms with Crippen LogP contribution in [-0.4, -0.2) is 19.9 Å². The molecule has 4 aromatic heterocycles. The molecule has 0 atom stereocenters. The van der Waals surface area contributed by atoms with E-state index in [0.717, 1.165) is 23.7 Å². The van der Waals surface area contributed by atoms with Gasteiger partial charge in [0.15, 0.2) is 0 Å². The average molecular weight is 1590 g/mol. The maximum Gasteiger partial charge on any atom is 0.0434 e. The zero-order valence-corrected chi connectivity index (χ0v) is 76.8. The summed E-state index contributed by atoms with van der Waals surface area (Å²) < 4.78 is 0. The number of nitrogens with zero attached hydrogens (tertiary/aromatic N) is 4. The summed E-state index contributed by atoms with van der Waals surface area (Å²) in [5.41, 5.74) is 21.3. The molecule has 0 N–H and O–H groups in total. The number of rotatable bonds is 46. The minimum atomic E-state index is 0.677. The summed E-state index contributed by atoms with van der Waals surface area (Å²) in [6.45, 7) is 18.3. The lowest BCUT2D eigenvalue weighted by Gasteiger charge is -2.28. The van der Waals surface area contributed by atoms with E-state index in [1.54, 1.807) is 0 Å². The smallest absolute Gasteiger partial charge is 0.0434 e. The number of pyridine rings is 4. The number of benzene rings is 4. The van der Waals surface area contributed by atoms with Crippen LogP contribution in [0.4, 0.5) is 0 Å². The Morgan fingerprint density at radius 2 is 0.347 bits per heavy atom. The fourth-order valence-electron chi connectivity index (χ4n) is 19.8. The van der Waals surface area contributed by atoms with Crippen molar-refractivity contribution in [2.45, 2.75) is 426 Å². The van der Waals surface area contributed by atoms with Gasteiger partial charge in [0.2, 0.25) is 0 Å². The minimum Gasteiger partial charge on any atom is -0.260 e. The van der Waals surface area contributed by atoms with Gasteiger partial charge in [-0.1, -0.05) is 369 Å². The van der Waals surface area contributed by atoms with Crippen molar-refractivity contribution in [2.75, 3.05) is 0 Å². The summed E-state index contributed by atoms with van der Waals surface area (Å²) in [6.07, 6.45) is 81.7. The van der Waals surface area contributed by atoms with E-state index in [-0.39, 0.29) is 0 Å². The Balaban J connectivity index is 0.000000179. The molecule has 4 heterocycles. The fourth-order valence-corrected chi connectivity index (χ4v) is 19.8. The molecule has 12 rings (SSSR count). The molecule has 118 heavy (non-hydrogen) atoms. The van der Waals surface area contributed by atoms with E-state index in [4.69, 9.17) is 19.9 Å². The molecule has 0 radical (unpaired) electrons. The third-order valence-electron chi connectivity index (χ3n) is 28.0. The Morgan fingerprint density at radius 1 is 0.178 bits per heavy atom. The van der Waals surface area contributed by atoms with Gasteiger partial charge in [0.05, 0.1) is 0 Å². The van der Waals surface area contributed by atoms with Crippen LogP contribution in [0.25, 0.3) is 44.5 Å². The normalized spacial score (nSPS) is 19.3. The van der Waals surface area contributed by atoms with Gasteiger partial charge < -0.3 is 0 Å². The first-order valence-corrected chi connectivity index (χ1v) is 50.4. The van der Waals surface area contributed by atoms with Crippen molar-refractivity contribution in [1.29, 1.82) is 0 Å². The molecule has 0 amide bonds. The van der Waals surface area contributed by atoms with Gasteiger partial charge in [0.1, 0.15) is 0 Å². The van der Waals surface area contributed by atoms with Gasteiger partial charge in [0, 0.05) is 93.5 Å². The van der Waals surface area contributed by atoms with Crippen LogP contribution < -0.4 is 0 Å². The molecular formula is C114H168N4. The lowest BCUT2D eigenvalue weighted by Crippen LogP contribution is -2.14. The Hall–Kier alpha value is -6.52. The second kappa shape index (κ2) is 57.7. The molecule has 4 aliphatic carbocycles. The first-order valence-electron chi connectivity index (χ1n) is 50.4. The van der Waals surface area contributed by atoms with E-state index in [1.807, 2.05) is 0 Å². The number of hydrogen-bond acceptors (Lipinski definition) is 4. The van der Waals surface area contributed by atoms with Gasteiger partial charge in [-0.05, 0) is 247 Å². The topological polar surface area (TPSA) is 51.6 Å². The molecule has 0 aliphatic heterocycles. The van der Waals surface area contributed by atoms with Crippen LogP contribution in [0, 0.1) is 23.7 Å². The van der Waals surface area contributed by atoms with Crippen molar-refractivity contribution in [3.05, 3.63) is 215 Å². The van der Waals surface area contributed by atoms with Gasteiger partial charge in [-0.15, -0.1) is 0 Å². The number of unbranched alkanes of at least 4 members (excludes halogenated alkanes) is 22. The second-order valence-electron chi connectivity index (χ2n) is 37.5. The predicted molar refractivity (Wildman–Crippen MR) is 515 cm³/mol. The molecule has 8 aromatic rings.